The Morgan fingerprint density at radius 2 is 1.95 bits per heavy atom. The van der Waals surface area contributed by atoms with Gasteiger partial charge in [0.15, 0.2) is 0 Å². The van der Waals surface area contributed by atoms with Gasteiger partial charge < -0.3 is 10.1 Å². The van der Waals surface area contributed by atoms with Gasteiger partial charge in [-0.3, -0.25) is 0 Å². The molecule has 0 aromatic heterocycles. The van der Waals surface area contributed by atoms with E-state index in [1.165, 1.54) is 51.4 Å². The first-order valence-corrected chi connectivity index (χ1v) is 8.54. The molecule has 1 saturated heterocycles. The number of ether oxygens (including phenoxy) is 1. The lowest BCUT2D eigenvalue weighted by Crippen LogP contribution is -2.49. The Labute approximate surface area is 119 Å². The summed E-state index contributed by atoms with van der Waals surface area (Å²) < 4.78 is 6.24. The van der Waals surface area contributed by atoms with Crippen molar-refractivity contribution in [2.24, 2.45) is 11.8 Å². The number of rotatable bonds is 5. The summed E-state index contributed by atoms with van der Waals surface area (Å²) in [7, 11) is 0. The average molecular weight is 267 g/mol. The lowest BCUT2D eigenvalue weighted by Gasteiger charge is -2.46. The average Bonchev–Trinajstić information content (AvgIpc) is 2.40. The molecule has 1 spiro atoms. The van der Waals surface area contributed by atoms with Crippen LogP contribution in [0.4, 0.5) is 0 Å². The summed E-state index contributed by atoms with van der Waals surface area (Å²) in [4.78, 5) is 0. The van der Waals surface area contributed by atoms with Gasteiger partial charge in [0.25, 0.3) is 0 Å². The smallest absolute Gasteiger partial charge is 0.0685 e. The molecule has 1 N–H and O–H groups in total. The highest BCUT2D eigenvalue weighted by molar-refractivity contribution is 4.93. The van der Waals surface area contributed by atoms with Gasteiger partial charge in [-0.2, -0.15) is 0 Å². The molecule has 2 fully saturated rings. The van der Waals surface area contributed by atoms with Crippen LogP contribution in [-0.2, 0) is 4.74 Å². The first-order valence-electron chi connectivity index (χ1n) is 8.54. The Morgan fingerprint density at radius 1 is 1.21 bits per heavy atom. The summed E-state index contributed by atoms with van der Waals surface area (Å²) in [5.41, 5.74) is 0.252. The van der Waals surface area contributed by atoms with E-state index < -0.39 is 0 Å². The number of hydrogen-bond acceptors (Lipinski definition) is 2. The molecule has 19 heavy (non-hydrogen) atoms. The molecule has 0 bridgehead atoms. The van der Waals surface area contributed by atoms with Crippen LogP contribution in [0.15, 0.2) is 0 Å². The molecule has 2 atom stereocenters. The van der Waals surface area contributed by atoms with E-state index in [1.807, 2.05) is 0 Å². The fourth-order valence-electron chi connectivity index (χ4n) is 4.17. The van der Waals surface area contributed by atoms with E-state index in [9.17, 15) is 0 Å². The maximum Gasteiger partial charge on any atom is 0.0685 e. The zero-order valence-corrected chi connectivity index (χ0v) is 13.2. The van der Waals surface area contributed by atoms with Gasteiger partial charge in [-0.1, -0.05) is 40.0 Å². The SMILES string of the molecule is CCCNC(C(C)C)C1CCOC2(CCCCC2)C1. The van der Waals surface area contributed by atoms with E-state index in [4.69, 9.17) is 4.74 Å². The van der Waals surface area contributed by atoms with Crippen molar-refractivity contribution >= 4 is 0 Å². The molecule has 2 nitrogen and oxygen atoms in total. The minimum atomic E-state index is 0.252. The van der Waals surface area contributed by atoms with E-state index in [0.29, 0.717) is 6.04 Å². The molecule has 0 amide bonds. The third kappa shape index (κ3) is 3.95. The Hall–Kier alpha value is -0.0800. The van der Waals surface area contributed by atoms with Gasteiger partial charge in [-0.15, -0.1) is 0 Å². The van der Waals surface area contributed by atoms with Crippen LogP contribution in [0.1, 0.15) is 72.1 Å². The first kappa shape index (κ1) is 15.3. The van der Waals surface area contributed by atoms with Gasteiger partial charge in [0.1, 0.15) is 0 Å². The quantitative estimate of drug-likeness (QED) is 0.808. The Balaban J connectivity index is 1.97. The van der Waals surface area contributed by atoms with Crippen LogP contribution in [0, 0.1) is 11.8 Å². The summed E-state index contributed by atoms with van der Waals surface area (Å²) in [5.74, 6) is 1.55. The van der Waals surface area contributed by atoms with Crippen molar-refractivity contribution < 1.29 is 4.74 Å². The van der Waals surface area contributed by atoms with Gasteiger partial charge in [0.05, 0.1) is 5.60 Å². The summed E-state index contributed by atoms with van der Waals surface area (Å²) in [5, 5.41) is 3.81. The third-order valence-electron chi connectivity index (χ3n) is 5.15. The normalized spacial score (nSPS) is 28.7. The van der Waals surface area contributed by atoms with E-state index in [0.717, 1.165) is 25.0 Å². The maximum absolute atomic E-state index is 6.24. The highest BCUT2D eigenvalue weighted by Gasteiger charge is 2.41. The lowest BCUT2D eigenvalue weighted by atomic mass is 9.72. The largest absolute Gasteiger partial charge is 0.375 e. The van der Waals surface area contributed by atoms with Crippen LogP contribution < -0.4 is 5.32 Å². The summed E-state index contributed by atoms with van der Waals surface area (Å²) >= 11 is 0. The van der Waals surface area contributed by atoms with Crippen LogP contribution in [0.5, 0.6) is 0 Å². The van der Waals surface area contributed by atoms with Crippen LogP contribution in [0.3, 0.4) is 0 Å². The first-order chi connectivity index (χ1) is 9.17. The molecule has 0 aromatic carbocycles. The predicted molar refractivity (Wildman–Crippen MR) is 81.4 cm³/mol. The van der Waals surface area contributed by atoms with Gasteiger partial charge in [0.2, 0.25) is 0 Å². The van der Waals surface area contributed by atoms with E-state index >= 15 is 0 Å². The summed E-state index contributed by atoms with van der Waals surface area (Å²) in [6, 6.07) is 0.683. The maximum atomic E-state index is 6.24. The standard InChI is InChI=1S/C17H33NO/c1-4-11-18-16(14(2)3)15-8-12-19-17(13-15)9-6-5-7-10-17/h14-16,18H,4-13H2,1-3H3. The second-order valence-electron chi connectivity index (χ2n) is 7.07. The topological polar surface area (TPSA) is 21.3 Å². The van der Waals surface area contributed by atoms with Crippen LogP contribution >= 0.6 is 0 Å². The highest BCUT2D eigenvalue weighted by atomic mass is 16.5. The lowest BCUT2D eigenvalue weighted by molar-refractivity contribution is -0.123. The van der Waals surface area contributed by atoms with E-state index in [1.54, 1.807) is 0 Å². The fourth-order valence-corrected chi connectivity index (χ4v) is 4.17. The minimum Gasteiger partial charge on any atom is -0.375 e. The molecule has 2 heteroatoms. The van der Waals surface area contributed by atoms with Crippen LogP contribution in [-0.4, -0.2) is 24.8 Å². The molecule has 2 unspecified atom stereocenters. The summed E-state index contributed by atoms with van der Waals surface area (Å²) in [6.07, 6.45) is 10.6. The van der Waals surface area contributed by atoms with Crippen molar-refractivity contribution in [3.05, 3.63) is 0 Å². The molecule has 1 heterocycles. The van der Waals surface area contributed by atoms with Gasteiger partial charge in [0, 0.05) is 12.6 Å². The van der Waals surface area contributed by atoms with E-state index in [-0.39, 0.29) is 5.60 Å². The molecular weight excluding hydrogens is 234 g/mol. The van der Waals surface area contributed by atoms with Gasteiger partial charge in [-0.25, -0.2) is 0 Å². The van der Waals surface area contributed by atoms with Crippen LogP contribution in [0.2, 0.25) is 0 Å². The summed E-state index contributed by atoms with van der Waals surface area (Å²) in [6.45, 7) is 9.15. The zero-order valence-electron chi connectivity index (χ0n) is 13.2. The molecule has 2 aliphatic rings. The Kier molecular flexibility index (Phi) is 5.70. The van der Waals surface area contributed by atoms with Crippen molar-refractivity contribution in [3.8, 4) is 0 Å². The second-order valence-corrected chi connectivity index (χ2v) is 7.07. The molecule has 1 aliphatic carbocycles. The number of nitrogens with one attached hydrogen (secondary N) is 1. The molecule has 112 valence electrons. The monoisotopic (exact) mass is 267 g/mol. The molecule has 0 aromatic rings. The van der Waals surface area contributed by atoms with E-state index in [2.05, 4.69) is 26.1 Å². The molecule has 0 radical (unpaired) electrons. The minimum absolute atomic E-state index is 0.252. The van der Waals surface area contributed by atoms with Gasteiger partial charge in [-0.05, 0) is 50.5 Å². The second kappa shape index (κ2) is 7.08. The molecule has 1 aliphatic heterocycles. The highest BCUT2D eigenvalue weighted by Crippen LogP contribution is 2.42. The van der Waals surface area contributed by atoms with Crippen molar-refractivity contribution in [2.75, 3.05) is 13.2 Å². The van der Waals surface area contributed by atoms with Crippen molar-refractivity contribution in [1.82, 2.24) is 5.32 Å². The third-order valence-corrected chi connectivity index (χ3v) is 5.15. The predicted octanol–water partition coefficient (Wildman–Crippen LogP) is 4.14. The van der Waals surface area contributed by atoms with Crippen molar-refractivity contribution in [3.63, 3.8) is 0 Å². The van der Waals surface area contributed by atoms with Crippen molar-refractivity contribution in [1.29, 1.82) is 0 Å². The Morgan fingerprint density at radius 3 is 2.58 bits per heavy atom. The molecular formula is C17H33NO. The molecule has 1 saturated carbocycles. The van der Waals surface area contributed by atoms with Crippen LogP contribution in [0.25, 0.3) is 0 Å². The fraction of sp³-hybridized carbons (Fsp3) is 1.00. The number of hydrogen-bond donors (Lipinski definition) is 1. The Bertz CT molecular complexity index is 252. The molecule has 2 rings (SSSR count). The van der Waals surface area contributed by atoms with Crippen molar-refractivity contribution in [2.45, 2.75) is 83.8 Å². The van der Waals surface area contributed by atoms with Gasteiger partial charge >= 0.3 is 0 Å². The zero-order chi connectivity index (χ0) is 13.7.